The number of Topliss-reactive ketones (excluding diaryl/α,β-unsaturated/α-hetero) is 1. The number of carbonyl (C=O) groups excluding carboxylic acids is 2. The van der Waals surface area contributed by atoms with Crippen LogP contribution in [0.5, 0.6) is 0 Å². The number of hydrogen-bond donors (Lipinski definition) is 0. The van der Waals surface area contributed by atoms with E-state index >= 15 is 0 Å². The van der Waals surface area contributed by atoms with E-state index in [9.17, 15) is 9.59 Å². The highest BCUT2D eigenvalue weighted by Gasteiger charge is 2.30. The Bertz CT molecular complexity index is 972. The molecule has 1 saturated heterocycles. The molecule has 5 nitrogen and oxygen atoms in total. The molecule has 0 spiro atoms. The monoisotopic (exact) mass is 387 g/mol. The minimum atomic E-state index is -0.0449. The van der Waals surface area contributed by atoms with Crippen LogP contribution in [0, 0.1) is 5.92 Å². The van der Waals surface area contributed by atoms with Crippen molar-refractivity contribution in [3.05, 3.63) is 51.6 Å². The standard InChI is InChI=1S/C19H18ClN3O2S/c1-22-15-3-2-14(20)10-13(15)11-16(22)19(25)23-7-4-12(5-8-23)17(24)18-21-6-9-26-18/h2-3,6,9-12H,4-5,7-8H2,1H3. The zero-order valence-electron chi connectivity index (χ0n) is 14.3. The highest BCUT2D eigenvalue weighted by molar-refractivity contribution is 7.11. The van der Waals surface area contributed by atoms with Crippen molar-refractivity contribution in [3.8, 4) is 0 Å². The molecule has 0 bridgehead atoms. The van der Waals surface area contributed by atoms with Crippen LogP contribution in [0.25, 0.3) is 10.9 Å². The predicted octanol–water partition coefficient (Wildman–Crippen LogP) is 4.02. The van der Waals surface area contributed by atoms with Gasteiger partial charge in [0, 0.05) is 53.6 Å². The van der Waals surface area contributed by atoms with Crippen LogP contribution in [0.2, 0.25) is 5.02 Å². The highest BCUT2D eigenvalue weighted by atomic mass is 35.5. The van der Waals surface area contributed by atoms with Gasteiger partial charge in [-0.25, -0.2) is 4.98 Å². The normalized spacial score (nSPS) is 15.5. The summed E-state index contributed by atoms with van der Waals surface area (Å²) in [6.45, 7) is 1.17. The molecule has 0 N–H and O–H groups in total. The molecule has 0 radical (unpaired) electrons. The fourth-order valence-electron chi connectivity index (χ4n) is 3.55. The second kappa shape index (κ2) is 6.85. The lowest BCUT2D eigenvalue weighted by atomic mass is 9.92. The molecule has 2 aromatic heterocycles. The number of aryl methyl sites for hydroxylation is 1. The van der Waals surface area contributed by atoms with E-state index in [0.717, 1.165) is 10.9 Å². The third kappa shape index (κ3) is 3.04. The lowest BCUT2D eigenvalue weighted by molar-refractivity contribution is 0.0643. The Morgan fingerprint density at radius 2 is 2.00 bits per heavy atom. The van der Waals surface area contributed by atoms with Crippen molar-refractivity contribution in [2.45, 2.75) is 12.8 Å². The number of likely N-dealkylation sites (tertiary alicyclic amines) is 1. The Kier molecular flexibility index (Phi) is 4.54. The van der Waals surface area contributed by atoms with Crippen LogP contribution in [0.4, 0.5) is 0 Å². The zero-order valence-corrected chi connectivity index (χ0v) is 15.9. The van der Waals surface area contributed by atoms with Crippen LogP contribution in [0.3, 0.4) is 0 Å². The summed E-state index contributed by atoms with van der Waals surface area (Å²) in [7, 11) is 1.89. The Labute approximate surface area is 160 Å². The minimum Gasteiger partial charge on any atom is -0.340 e. The first-order valence-electron chi connectivity index (χ1n) is 8.52. The van der Waals surface area contributed by atoms with Gasteiger partial charge >= 0.3 is 0 Å². The largest absolute Gasteiger partial charge is 0.340 e. The highest BCUT2D eigenvalue weighted by Crippen LogP contribution is 2.26. The molecule has 0 aliphatic carbocycles. The number of amides is 1. The fraction of sp³-hybridized carbons (Fsp3) is 0.316. The van der Waals surface area contributed by atoms with Crippen molar-refractivity contribution >= 4 is 45.5 Å². The first kappa shape index (κ1) is 17.2. The van der Waals surface area contributed by atoms with Gasteiger partial charge in [-0.05, 0) is 37.1 Å². The molecular weight excluding hydrogens is 370 g/mol. The second-order valence-corrected chi connectivity index (χ2v) is 7.89. The van der Waals surface area contributed by atoms with Gasteiger partial charge in [-0.3, -0.25) is 9.59 Å². The van der Waals surface area contributed by atoms with Gasteiger partial charge in [0.15, 0.2) is 10.8 Å². The van der Waals surface area contributed by atoms with Crippen LogP contribution in [-0.2, 0) is 7.05 Å². The Hall–Kier alpha value is -2.18. The average Bonchev–Trinajstić information content (AvgIpc) is 3.29. The zero-order chi connectivity index (χ0) is 18.3. The van der Waals surface area contributed by atoms with Crippen molar-refractivity contribution < 1.29 is 9.59 Å². The molecule has 0 unspecified atom stereocenters. The molecule has 3 aromatic rings. The number of hydrogen-bond acceptors (Lipinski definition) is 4. The van der Waals surface area contributed by atoms with E-state index in [1.807, 2.05) is 46.2 Å². The number of benzene rings is 1. The van der Waals surface area contributed by atoms with Gasteiger partial charge in [0.1, 0.15) is 5.69 Å². The third-order valence-electron chi connectivity index (χ3n) is 5.02. The summed E-state index contributed by atoms with van der Waals surface area (Å²) < 4.78 is 1.90. The molecule has 7 heteroatoms. The number of carbonyl (C=O) groups is 2. The Balaban J connectivity index is 1.49. The molecule has 1 aromatic carbocycles. The summed E-state index contributed by atoms with van der Waals surface area (Å²) in [5.41, 5.74) is 1.62. The van der Waals surface area contributed by atoms with Gasteiger partial charge in [-0.1, -0.05) is 11.6 Å². The number of thiazole rings is 1. The van der Waals surface area contributed by atoms with Gasteiger partial charge in [0.05, 0.1) is 0 Å². The number of fused-ring (bicyclic) bond motifs is 1. The quantitative estimate of drug-likeness (QED) is 0.638. The van der Waals surface area contributed by atoms with E-state index in [4.69, 9.17) is 11.6 Å². The van der Waals surface area contributed by atoms with Crippen LogP contribution in [0.1, 0.15) is 33.1 Å². The maximum absolute atomic E-state index is 13.0. The van der Waals surface area contributed by atoms with Crippen LogP contribution in [0.15, 0.2) is 35.8 Å². The van der Waals surface area contributed by atoms with E-state index in [1.165, 1.54) is 11.3 Å². The summed E-state index contributed by atoms with van der Waals surface area (Å²) >= 11 is 7.43. The number of rotatable bonds is 3. The molecule has 0 saturated carbocycles. The van der Waals surface area contributed by atoms with E-state index in [1.54, 1.807) is 6.20 Å². The summed E-state index contributed by atoms with van der Waals surface area (Å²) in [5, 5.41) is 4.00. The van der Waals surface area contributed by atoms with E-state index in [0.29, 0.717) is 41.7 Å². The molecule has 1 aliphatic heterocycles. The molecule has 1 fully saturated rings. The molecule has 3 heterocycles. The molecule has 26 heavy (non-hydrogen) atoms. The summed E-state index contributed by atoms with van der Waals surface area (Å²) in [6, 6.07) is 7.50. The maximum Gasteiger partial charge on any atom is 0.270 e. The van der Waals surface area contributed by atoms with Crippen molar-refractivity contribution in [2.24, 2.45) is 13.0 Å². The number of piperidine rings is 1. The van der Waals surface area contributed by atoms with Crippen LogP contribution >= 0.6 is 22.9 Å². The fourth-order valence-corrected chi connectivity index (χ4v) is 4.39. The van der Waals surface area contributed by atoms with Gasteiger partial charge < -0.3 is 9.47 Å². The molecular formula is C19H18ClN3O2S. The lowest BCUT2D eigenvalue weighted by Crippen LogP contribution is -2.40. The van der Waals surface area contributed by atoms with E-state index in [2.05, 4.69) is 4.98 Å². The van der Waals surface area contributed by atoms with Gasteiger partial charge in [-0.2, -0.15) is 0 Å². The topological polar surface area (TPSA) is 55.2 Å². The number of aromatic nitrogens is 2. The molecule has 1 aliphatic rings. The number of ketones is 1. The third-order valence-corrected chi connectivity index (χ3v) is 6.04. The van der Waals surface area contributed by atoms with Crippen molar-refractivity contribution in [1.29, 1.82) is 0 Å². The van der Waals surface area contributed by atoms with Crippen molar-refractivity contribution in [2.75, 3.05) is 13.1 Å². The summed E-state index contributed by atoms with van der Waals surface area (Å²) in [5.74, 6) is 0.0582. The SMILES string of the molecule is Cn1c(C(=O)N2CCC(C(=O)c3nccs3)CC2)cc2cc(Cl)ccc21. The lowest BCUT2D eigenvalue weighted by Gasteiger charge is -2.31. The average molecular weight is 388 g/mol. The predicted molar refractivity (Wildman–Crippen MR) is 103 cm³/mol. The van der Waals surface area contributed by atoms with Crippen LogP contribution < -0.4 is 0 Å². The van der Waals surface area contributed by atoms with Gasteiger partial charge in [-0.15, -0.1) is 11.3 Å². The van der Waals surface area contributed by atoms with Gasteiger partial charge in [0.2, 0.25) is 0 Å². The Morgan fingerprint density at radius 3 is 2.69 bits per heavy atom. The first-order valence-corrected chi connectivity index (χ1v) is 9.78. The van der Waals surface area contributed by atoms with Gasteiger partial charge in [0.25, 0.3) is 5.91 Å². The molecule has 4 rings (SSSR count). The molecule has 134 valence electrons. The number of halogens is 1. The van der Waals surface area contributed by atoms with Crippen molar-refractivity contribution in [1.82, 2.24) is 14.5 Å². The Morgan fingerprint density at radius 1 is 1.23 bits per heavy atom. The van der Waals surface area contributed by atoms with E-state index < -0.39 is 0 Å². The second-order valence-electron chi connectivity index (χ2n) is 6.56. The first-order chi connectivity index (χ1) is 12.5. The molecule has 1 amide bonds. The minimum absolute atomic E-state index is 0.0000277. The van der Waals surface area contributed by atoms with Crippen molar-refractivity contribution in [3.63, 3.8) is 0 Å². The molecule has 0 atom stereocenters. The number of nitrogens with zero attached hydrogens (tertiary/aromatic N) is 3. The summed E-state index contributed by atoms with van der Waals surface area (Å²) in [4.78, 5) is 31.3. The maximum atomic E-state index is 13.0. The van der Waals surface area contributed by atoms with E-state index in [-0.39, 0.29) is 17.6 Å². The summed E-state index contributed by atoms with van der Waals surface area (Å²) in [6.07, 6.45) is 3.02. The smallest absolute Gasteiger partial charge is 0.270 e. The van der Waals surface area contributed by atoms with Crippen LogP contribution in [-0.4, -0.2) is 39.2 Å².